The molecule has 4 aliphatic rings. The Labute approximate surface area is 223 Å². The van der Waals surface area contributed by atoms with Crippen molar-refractivity contribution in [3.63, 3.8) is 0 Å². The maximum atomic E-state index is 13.8. The van der Waals surface area contributed by atoms with Crippen molar-refractivity contribution in [2.45, 2.75) is 48.5 Å². The fourth-order valence-corrected chi connectivity index (χ4v) is 7.59. The predicted octanol–water partition coefficient (Wildman–Crippen LogP) is 4.18. The van der Waals surface area contributed by atoms with Crippen molar-refractivity contribution >= 4 is 23.9 Å². The lowest BCUT2D eigenvalue weighted by Gasteiger charge is -2.37. The molecule has 0 aromatic carbocycles. The number of carbonyl (C=O) groups excluding carboxylic acids is 4. The van der Waals surface area contributed by atoms with Crippen LogP contribution in [-0.4, -0.2) is 52.3 Å². The number of allylic oxidation sites excluding steroid dienone is 6. The number of ether oxygens (including phenoxy) is 4. The minimum Gasteiger partial charge on any atom is -0.466 e. The zero-order chi connectivity index (χ0) is 28.7. The SMILES string of the molecule is COC(=O)C1=C(C(=O)OC)[C@]23C(C(=O)OC)=C(C(=O)OC)[C@@](C)(C4=C2[C@@]1(C)C=C(C(C)(C)C)C=C4C)C3C. The second-order valence-corrected chi connectivity index (χ2v) is 11.8. The molecule has 1 spiro atoms. The van der Waals surface area contributed by atoms with Gasteiger partial charge < -0.3 is 18.9 Å². The summed E-state index contributed by atoms with van der Waals surface area (Å²) in [5.41, 5.74) is -0.476. The quantitative estimate of drug-likeness (QED) is 0.399. The third-order valence-corrected chi connectivity index (χ3v) is 9.16. The summed E-state index contributed by atoms with van der Waals surface area (Å²) < 4.78 is 21.0. The van der Waals surface area contributed by atoms with Gasteiger partial charge in [-0.15, -0.1) is 0 Å². The van der Waals surface area contributed by atoms with Crippen molar-refractivity contribution < 1.29 is 38.1 Å². The Morgan fingerprint density at radius 1 is 0.763 bits per heavy atom. The van der Waals surface area contributed by atoms with Gasteiger partial charge in [0.15, 0.2) is 0 Å². The maximum absolute atomic E-state index is 13.8. The normalized spacial score (nSPS) is 31.5. The predicted molar refractivity (Wildman–Crippen MR) is 138 cm³/mol. The number of rotatable bonds is 4. The van der Waals surface area contributed by atoms with Crippen molar-refractivity contribution in [3.8, 4) is 0 Å². The van der Waals surface area contributed by atoms with Gasteiger partial charge in [-0.05, 0) is 47.5 Å². The fraction of sp³-hybridized carbons (Fsp3) is 0.533. The molecule has 0 aromatic heterocycles. The van der Waals surface area contributed by atoms with Gasteiger partial charge in [-0.25, -0.2) is 19.2 Å². The van der Waals surface area contributed by atoms with Gasteiger partial charge in [-0.2, -0.15) is 0 Å². The topological polar surface area (TPSA) is 105 Å². The summed E-state index contributed by atoms with van der Waals surface area (Å²) in [7, 11) is 4.96. The van der Waals surface area contributed by atoms with Gasteiger partial charge in [-0.3, -0.25) is 0 Å². The lowest BCUT2D eigenvalue weighted by Crippen LogP contribution is -2.37. The molecule has 204 valence electrons. The van der Waals surface area contributed by atoms with E-state index in [0.29, 0.717) is 5.57 Å². The van der Waals surface area contributed by atoms with Crippen LogP contribution in [0, 0.1) is 27.6 Å². The van der Waals surface area contributed by atoms with Gasteiger partial charge in [0.1, 0.15) is 0 Å². The van der Waals surface area contributed by atoms with Gasteiger partial charge in [-0.1, -0.05) is 46.8 Å². The molecule has 2 bridgehead atoms. The van der Waals surface area contributed by atoms with E-state index in [-0.39, 0.29) is 27.7 Å². The van der Waals surface area contributed by atoms with Gasteiger partial charge in [0.05, 0.1) is 56.1 Å². The average molecular weight is 525 g/mol. The average Bonchev–Trinajstić information content (AvgIpc) is 3.25. The van der Waals surface area contributed by atoms with E-state index in [2.05, 4.69) is 26.8 Å². The molecule has 4 rings (SSSR count). The number of carbonyl (C=O) groups is 4. The number of methoxy groups -OCH3 is 4. The van der Waals surface area contributed by atoms with E-state index >= 15 is 0 Å². The van der Waals surface area contributed by atoms with Crippen molar-refractivity contribution in [1.29, 1.82) is 0 Å². The highest BCUT2D eigenvalue weighted by Crippen LogP contribution is 2.81. The summed E-state index contributed by atoms with van der Waals surface area (Å²) in [4.78, 5) is 54.5. The Balaban J connectivity index is 2.36. The highest BCUT2D eigenvalue weighted by molar-refractivity contribution is 6.14. The van der Waals surface area contributed by atoms with E-state index in [0.717, 1.165) is 16.7 Å². The zero-order valence-electron chi connectivity index (χ0n) is 24.0. The molecule has 8 heteroatoms. The summed E-state index contributed by atoms with van der Waals surface area (Å²) in [6.07, 6.45) is 4.06. The molecule has 4 atom stereocenters. The molecule has 0 aliphatic heterocycles. The fourth-order valence-electron chi connectivity index (χ4n) is 7.59. The molecule has 0 radical (unpaired) electrons. The van der Waals surface area contributed by atoms with Crippen molar-refractivity contribution in [1.82, 2.24) is 0 Å². The van der Waals surface area contributed by atoms with Gasteiger partial charge >= 0.3 is 23.9 Å². The smallest absolute Gasteiger partial charge is 0.335 e. The van der Waals surface area contributed by atoms with Crippen molar-refractivity contribution in [2.24, 2.45) is 27.6 Å². The Morgan fingerprint density at radius 3 is 1.63 bits per heavy atom. The highest BCUT2D eigenvalue weighted by atomic mass is 16.5. The molecule has 1 unspecified atom stereocenters. The van der Waals surface area contributed by atoms with Gasteiger partial charge in [0.2, 0.25) is 0 Å². The third kappa shape index (κ3) is 2.91. The van der Waals surface area contributed by atoms with Crippen molar-refractivity contribution in [2.75, 3.05) is 28.4 Å². The van der Waals surface area contributed by atoms with Crippen LogP contribution in [0.5, 0.6) is 0 Å². The molecule has 38 heavy (non-hydrogen) atoms. The molecule has 0 amide bonds. The Bertz CT molecular complexity index is 1360. The third-order valence-electron chi connectivity index (χ3n) is 9.16. The first-order chi connectivity index (χ1) is 17.6. The van der Waals surface area contributed by atoms with Gasteiger partial charge in [0, 0.05) is 10.8 Å². The Kier molecular flexibility index (Phi) is 6.02. The lowest BCUT2D eigenvalue weighted by molar-refractivity contribution is -0.141. The first kappa shape index (κ1) is 27.6. The summed E-state index contributed by atoms with van der Waals surface area (Å²) in [5.74, 6) is -3.48. The van der Waals surface area contributed by atoms with Crippen LogP contribution in [-0.2, 0) is 38.1 Å². The van der Waals surface area contributed by atoms with Crippen LogP contribution < -0.4 is 0 Å². The zero-order valence-corrected chi connectivity index (χ0v) is 24.0. The van der Waals surface area contributed by atoms with Crippen LogP contribution >= 0.6 is 0 Å². The second-order valence-electron chi connectivity index (χ2n) is 11.8. The highest BCUT2D eigenvalue weighted by Gasteiger charge is 2.78. The van der Waals surface area contributed by atoms with Crippen LogP contribution in [0.4, 0.5) is 0 Å². The molecular formula is C30H36O8. The second kappa shape index (κ2) is 8.29. The van der Waals surface area contributed by atoms with Crippen LogP contribution in [0.15, 0.2) is 56.7 Å². The van der Waals surface area contributed by atoms with Crippen LogP contribution in [0.2, 0.25) is 0 Å². The van der Waals surface area contributed by atoms with Crippen LogP contribution in [0.1, 0.15) is 48.5 Å². The van der Waals surface area contributed by atoms with E-state index < -0.39 is 46.0 Å². The molecule has 8 nitrogen and oxygen atoms in total. The Morgan fingerprint density at radius 2 is 1.18 bits per heavy atom. The summed E-state index contributed by atoms with van der Waals surface area (Å²) >= 11 is 0. The molecule has 0 heterocycles. The van der Waals surface area contributed by atoms with Crippen LogP contribution in [0.25, 0.3) is 0 Å². The van der Waals surface area contributed by atoms with Crippen molar-refractivity contribution in [3.05, 3.63) is 56.7 Å². The number of fused-ring (bicyclic) bond motifs is 2. The molecule has 0 saturated heterocycles. The first-order valence-corrected chi connectivity index (χ1v) is 12.6. The monoisotopic (exact) mass is 524 g/mol. The number of hydrogen-bond donors (Lipinski definition) is 0. The minimum atomic E-state index is -1.48. The number of esters is 4. The van der Waals surface area contributed by atoms with E-state index in [1.807, 2.05) is 33.8 Å². The largest absolute Gasteiger partial charge is 0.466 e. The lowest BCUT2D eigenvalue weighted by atomic mass is 9.64. The van der Waals surface area contributed by atoms with E-state index in [1.54, 1.807) is 0 Å². The summed E-state index contributed by atoms with van der Waals surface area (Å²) in [5, 5.41) is 0. The summed E-state index contributed by atoms with van der Waals surface area (Å²) in [6.45, 7) is 13.8. The standard InChI is InChI=1S/C30H36O8/c1-14-12-16(27(3,4)5)13-28(6)18(23(31)35-8)20(25(33)37-10)30-15(2)29(7,17(14)22(28)30)19(24(32)36-9)21(30)26(34)38-11/h12-13,15H,1-11H3/t15?,28-,29+,30+/m0/s1. The first-order valence-electron chi connectivity index (χ1n) is 12.6. The van der Waals surface area contributed by atoms with E-state index in [9.17, 15) is 19.2 Å². The molecule has 0 N–H and O–H groups in total. The van der Waals surface area contributed by atoms with Crippen LogP contribution in [0.3, 0.4) is 0 Å². The summed E-state index contributed by atoms with van der Waals surface area (Å²) in [6, 6.07) is 0. The Hall–Kier alpha value is -3.42. The minimum absolute atomic E-state index is 0.00316. The molecule has 4 aliphatic carbocycles. The maximum Gasteiger partial charge on any atom is 0.335 e. The molecule has 0 fully saturated rings. The molecular weight excluding hydrogens is 488 g/mol. The van der Waals surface area contributed by atoms with Gasteiger partial charge in [0.25, 0.3) is 0 Å². The molecule has 0 aromatic rings. The number of hydrogen-bond acceptors (Lipinski definition) is 8. The molecule has 0 saturated carbocycles. The van der Waals surface area contributed by atoms with E-state index in [4.69, 9.17) is 18.9 Å². The van der Waals surface area contributed by atoms with E-state index in [1.165, 1.54) is 28.4 Å².